The largest absolute Gasteiger partial charge is 0.493 e. The van der Waals surface area contributed by atoms with E-state index in [-0.39, 0.29) is 24.7 Å². The van der Waals surface area contributed by atoms with Crippen molar-refractivity contribution in [3.05, 3.63) is 65.2 Å². The Morgan fingerprint density at radius 2 is 1.59 bits per heavy atom. The van der Waals surface area contributed by atoms with Crippen LogP contribution in [0.3, 0.4) is 0 Å². The summed E-state index contributed by atoms with van der Waals surface area (Å²) in [7, 11) is 1.36. The van der Waals surface area contributed by atoms with Crippen molar-refractivity contribution in [1.82, 2.24) is 5.32 Å². The molecule has 0 saturated carbocycles. The number of ketones is 1. The predicted molar refractivity (Wildman–Crippen MR) is 148 cm³/mol. The van der Waals surface area contributed by atoms with Gasteiger partial charge in [0.2, 0.25) is 0 Å². The summed E-state index contributed by atoms with van der Waals surface area (Å²) in [5, 5.41) is 3.25. The number of carbonyl (C=O) groups is 2. The summed E-state index contributed by atoms with van der Waals surface area (Å²) >= 11 is 0. The quantitative estimate of drug-likeness (QED) is 0.127. The van der Waals surface area contributed by atoms with Crippen LogP contribution >= 0.6 is 0 Å². The summed E-state index contributed by atoms with van der Waals surface area (Å²) in [6, 6.07) is 15.9. The van der Waals surface area contributed by atoms with Gasteiger partial charge in [-0.2, -0.15) is 0 Å². The Hall–Kier alpha value is -2.70. The number of unbranched alkanes of at least 4 members (excludes halogenated alkanes) is 5. The SMILES string of the molecule is CCCCOc1ccc(C(=O)CNCCCCCCOCCCCc2ccccc2)cc1CC(=O)OC. The molecule has 0 aliphatic carbocycles. The standard InChI is InChI=1S/C31H45NO5/c1-3-4-22-37-30-18-17-27(23-28(30)24-31(34)35-2)29(33)25-32-19-11-5-6-12-20-36-21-13-10-16-26-14-8-7-9-15-26/h7-9,14-15,17-18,23,32H,3-6,10-13,16,19-22,24-25H2,1-2H3. The minimum Gasteiger partial charge on any atom is -0.493 e. The van der Waals surface area contributed by atoms with Crippen LogP contribution in [0, 0.1) is 0 Å². The molecule has 0 unspecified atom stereocenters. The lowest BCUT2D eigenvalue weighted by atomic mass is 10.0. The van der Waals surface area contributed by atoms with Crippen molar-refractivity contribution in [2.75, 3.05) is 40.0 Å². The number of hydrogen-bond donors (Lipinski definition) is 1. The normalized spacial score (nSPS) is 10.9. The molecule has 0 saturated heterocycles. The molecule has 0 radical (unpaired) electrons. The van der Waals surface area contributed by atoms with E-state index in [4.69, 9.17) is 14.2 Å². The number of rotatable bonds is 21. The number of hydrogen-bond acceptors (Lipinski definition) is 6. The second-order valence-corrected chi connectivity index (χ2v) is 9.35. The maximum atomic E-state index is 12.7. The fourth-order valence-corrected chi connectivity index (χ4v) is 3.98. The third-order valence-electron chi connectivity index (χ3n) is 6.23. The molecule has 2 aromatic rings. The molecule has 1 N–H and O–H groups in total. The predicted octanol–water partition coefficient (Wildman–Crippen LogP) is 5.95. The van der Waals surface area contributed by atoms with Gasteiger partial charge in [-0.25, -0.2) is 0 Å². The number of esters is 1. The van der Waals surface area contributed by atoms with Gasteiger partial charge in [0.05, 0.1) is 26.7 Å². The number of benzene rings is 2. The highest BCUT2D eigenvalue weighted by atomic mass is 16.5. The lowest BCUT2D eigenvalue weighted by Crippen LogP contribution is -2.24. The highest BCUT2D eigenvalue weighted by Crippen LogP contribution is 2.22. The second kappa shape index (κ2) is 19.4. The molecule has 0 aliphatic rings. The number of Topliss-reactive ketones (excluding diaryl/α,β-unsaturated/α-hetero) is 1. The van der Waals surface area contributed by atoms with Crippen molar-refractivity contribution in [2.45, 2.75) is 71.1 Å². The van der Waals surface area contributed by atoms with Crippen molar-refractivity contribution >= 4 is 11.8 Å². The summed E-state index contributed by atoms with van der Waals surface area (Å²) < 4.78 is 16.4. The maximum Gasteiger partial charge on any atom is 0.310 e. The van der Waals surface area contributed by atoms with Gasteiger partial charge < -0.3 is 19.5 Å². The first-order chi connectivity index (χ1) is 18.1. The highest BCUT2D eigenvalue weighted by molar-refractivity contribution is 5.98. The zero-order chi connectivity index (χ0) is 26.6. The lowest BCUT2D eigenvalue weighted by molar-refractivity contribution is -0.139. The Kier molecular flexibility index (Phi) is 16.0. The van der Waals surface area contributed by atoms with Crippen LogP contribution in [-0.4, -0.2) is 51.8 Å². The van der Waals surface area contributed by atoms with Crippen molar-refractivity contribution in [1.29, 1.82) is 0 Å². The lowest BCUT2D eigenvalue weighted by Gasteiger charge is -2.12. The van der Waals surface area contributed by atoms with Gasteiger partial charge in [0.25, 0.3) is 0 Å². The van der Waals surface area contributed by atoms with Crippen LogP contribution in [0.2, 0.25) is 0 Å². The highest BCUT2D eigenvalue weighted by Gasteiger charge is 2.14. The molecule has 0 amide bonds. The Morgan fingerprint density at radius 3 is 2.35 bits per heavy atom. The topological polar surface area (TPSA) is 73.9 Å². The van der Waals surface area contributed by atoms with E-state index in [1.807, 2.05) is 0 Å². The van der Waals surface area contributed by atoms with E-state index in [0.29, 0.717) is 23.5 Å². The molecule has 0 aromatic heterocycles. The molecular weight excluding hydrogens is 466 g/mol. The molecule has 6 nitrogen and oxygen atoms in total. The van der Waals surface area contributed by atoms with Crippen LogP contribution < -0.4 is 10.1 Å². The average Bonchev–Trinajstić information content (AvgIpc) is 2.92. The van der Waals surface area contributed by atoms with Crippen LogP contribution in [0.5, 0.6) is 5.75 Å². The smallest absolute Gasteiger partial charge is 0.310 e. The molecule has 0 spiro atoms. The molecular formula is C31H45NO5. The van der Waals surface area contributed by atoms with Crippen LogP contribution in [0.4, 0.5) is 0 Å². The Morgan fingerprint density at radius 1 is 0.838 bits per heavy atom. The van der Waals surface area contributed by atoms with Crippen molar-refractivity contribution in [2.24, 2.45) is 0 Å². The van der Waals surface area contributed by atoms with Gasteiger partial charge in [0.1, 0.15) is 5.75 Å². The van der Waals surface area contributed by atoms with Gasteiger partial charge in [0.15, 0.2) is 5.78 Å². The van der Waals surface area contributed by atoms with Crippen molar-refractivity contribution in [3.63, 3.8) is 0 Å². The van der Waals surface area contributed by atoms with E-state index >= 15 is 0 Å². The van der Waals surface area contributed by atoms with Crippen LogP contribution in [0.25, 0.3) is 0 Å². The van der Waals surface area contributed by atoms with Crippen LogP contribution in [-0.2, 0) is 27.1 Å². The zero-order valence-electron chi connectivity index (χ0n) is 22.8. The molecule has 0 fully saturated rings. The van der Waals surface area contributed by atoms with Gasteiger partial charge in [-0.05, 0) is 68.8 Å². The average molecular weight is 512 g/mol. The Labute approximate surface area is 223 Å². The third-order valence-corrected chi connectivity index (χ3v) is 6.23. The number of methoxy groups -OCH3 is 1. The minimum atomic E-state index is -0.350. The summed E-state index contributed by atoms with van der Waals surface area (Å²) in [6.45, 7) is 5.42. The van der Waals surface area contributed by atoms with E-state index in [1.54, 1.807) is 18.2 Å². The van der Waals surface area contributed by atoms with Gasteiger partial charge in [-0.1, -0.05) is 56.5 Å². The molecule has 0 atom stereocenters. The second-order valence-electron chi connectivity index (χ2n) is 9.35. The Bertz CT molecular complexity index is 900. The zero-order valence-corrected chi connectivity index (χ0v) is 22.8. The number of aryl methyl sites for hydroxylation is 1. The van der Waals surface area contributed by atoms with Gasteiger partial charge in [-0.3, -0.25) is 9.59 Å². The molecule has 2 rings (SSSR count). The first-order valence-corrected chi connectivity index (χ1v) is 13.8. The third kappa shape index (κ3) is 13.4. The molecule has 0 bridgehead atoms. The molecule has 2 aromatic carbocycles. The molecule has 6 heteroatoms. The summed E-state index contributed by atoms with van der Waals surface area (Å²) in [5.74, 6) is 0.294. The fourth-order valence-electron chi connectivity index (χ4n) is 3.98. The first-order valence-electron chi connectivity index (χ1n) is 13.8. The van der Waals surface area contributed by atoms with E-state index in [2.05, 4.69) is 42.6 Å². The van der Waals surface area contributed by atoms with Gasteiger partial charge in [0, 0.05) is 24.3 Å². The monoisotopic (exact) mass is 511 g/mol. The fraction of sp³-hybridized carbons (Fsp3) is 0.548. The van der Waals surface area contributed by atoms with E-state index in [1.165, 1.54) is 12.7 Å². The summed E-state index contributed by atoms with van der Waals surface area (Å²) in [6.07, 6.45) is 9.79. The Balaban J connectivity index is 1.54. The van der Waals surface area contributed by atoms with E-state index in [9.17, 15) is 9.59 Å². The summed E-state index contributed by atoms with van der Waals surface area (Å²) in [5.41, 5.74) is 2.66. The van der Waals surface area contributed by atoms with Crippen molar-refractivity contribution < 1.29 is 23.8 Å². The number of ether oxygens (including phenoxy) is 3. The molecule has 204 valence electrons. The van der Waals surface area contributed by atoms with Crippen LogP contribution in [0.1, 0.15) is 79.8 Å². The van der Waals surface area contributed by atoms with Crippen LogP contribution in [0.15, 0.2) is 48.5 Å². The summed E-state index contributed by atoms with van der Waals surface area (Å²) in [4.78, 5) is 24.5. The number of nitrogens with one attached hydrogen (secondary N) is 1. The van der Waals surface area contributed by atoms with Gasteiger partial charge >= 0.3 is 5.97 Å². The van der Waals surface area contributed by atoms with E-state index in [0.717, 1.165) is 77.5 Å². The minimum absolute atomic E-state index is 0.00638. The van der Waals surface area contributed by atoms with E-state index < -0.39 is 0 Å². The molecule has 37 heavy (non-hydrogen) atoms. The van der Waals surface area contributed by atoms with Gasteiger partial charge in [-0.15, -0.1) is 0 Å². The maximum absolute atomic E-state index is 12.7. The first kappa shape index (κ1) is 30.5. The number of carbonyl (C=O) groups excluding carboxylic acids is 2. The molecule has 0 heterocycles. The van der Waals surface area contributed by atoms with Crippen molar-refractivity contribution in [3.8, 4) is 5.75 Å². The molecule has 0 aliphatic heterocycles.